The number of anilines is 1. The number of aliphatic hydroxyl groups excluding tert-OH is 2. The number of nitrogens with zero attached hydrogens (tertiary/aromatic N) is 1. The molecule has 1 fully saturated rings. The molecule has 0 bridgehead atoms. The standard InChI is InChI=1S/C29H29FN4O6/c30-26-19(5-10-22-23(26)14-34(28(22)38)24-11-12-25(36)33-27(24)37)13-31-29(39)32-20-6-8-21(9-7-20)40-16-18-3-1-17(15-35)2-4-18/h1-10,24,28,35,38H,11-16H2,(H2,31,32,39)(H,33,36,37). The average Bonchev–Trinajstić information content (AvgIpc) is 3.29. The van der Waals surface area contributed by atoms with Crippen molar-refractivity contribution in [1.29, 1.82) is 0 Å². The third kappa shape index (κ3) is 5.96. The second-order valence-corrected chi connectivity index (χ2v) is 9.71. The summed E-state index contributed by atoms with van der Waals surface area (Å²) in [7, 11) is 0. The molecule has 3 aromatic carbocycles. The van der Waals surface area contributed by atoms with E-state index >= 15 is 4.39 Å². The number of piperidine rings is 1. The number of carbonyl (C=O) groups is 3. The van der Waals surface area contributed by atoms with Crippen LogP contribution in [0.4, 0.5) is 14.9 Å². The molecule has 2 unspecified atom stereocenters. The normalized spacial score (nSPS) is 18.7. The molecular formula is C29H29FN4O6. The Morgan fingerprint density at radius 1 is 1.05 bits per heavy atom. The molecule has 2 aliphatic heterocycles. The van der Waals surface area contributed by atoms with Gasteiger partial charge in [-0.05, 0) is 41.8 Å². The molecule has 11 heteroatoms. The van der Waals surface area contributed by atoms with E-state index < -0.39 is 30.0 Å². The van der Waals surface area contributed by atoms with Crippen LogP contribution in [0.3, 0.4) is 0 Å². The van der Waals surface area contributed by atoms with Crippen molar-refractivity contribution < 1.29 is 33.7 Å². The molecule has 0 saturated carbocycles. The van der Waals surface area contributed by atoms with Crippen LogP contribution in [0.1, 0.15) is 46.9 Å². The number of hydrogen-bond donors (Lipinski definition) is 5. The van der Waals surface area contributed by atoms with Crippen LogP contribution in [-0.4, -0.2) is 39.0 Å². The second-order valence-electron chi connectivity index (χ2n) is 9.71. The molecule has 2 aliphatic rings. The molecule has 5 N–H and O–H groups in total. The number of halogens is 1. The third-order valence-corrected chi connectivity index (χ3v) is 7.07. The van der Waals surface area contributed by atoms with Crippen molar-refractivity contribution in [3.05, 3.63) is 94.3 Å². The summed E-state index contributed by atoms with van der Waals surface area (Å²) in [5.41, 5.74) is 3.16. The van der Waals surface area contributed by atoms with E-state index in [0.717, 1.165) is 11.1 Å². The SMILES string of the molecule is O=C1CCC(N2Cc3c(ccc(CNC(=O)Nc4ccc(OCc5ccc(CO)cc5)cc4)c3F)C2O)C(=O)N1. The molecule has 1 saturated heterocycles. The van der Waals surface area contributed by atoms with Crippen molar-refractivity contribution in [2.24, 2.45) is 0 Å². The van der Waals surface area contributed by atoms with Crippen LogP contribution in [0.15, 0.2) is 60.7 Å². The number of imide groups is 1. The fourth-order valence-corrected chi connectivity index (χ4v) is 4.84. The van der Waals surface area contributed by atoms with Crippen molar-refractivity contribution in [3.8, 4) is 5.75 Å². The van der Waals surface area contributed by atoms with Crippen molar-refractivity contribution in [1.82, 2.24) is 15.5 Å². The second kappa shape index (κ2) is 11.8. The van der Waals surface area contributed by atoms with Crippen molar-refractivity contribution in [2.45, 2.75) is 51.4 Å². The van der Waals surface area contributed by atoms with E-state index in [-0.39, 0.29) is 49.6 Å². The molecule has 3 aromatic rings. The highest BCUT2D eigenvalue weighted by atomic mass is 19.1. The first kappa shape index (κ1) is 27.3. The van der Waals surface area contributed by atoms with Gasteiger partial charge in [0, 0.05) is 41.9 Å². The Hall–Kier alpha value is -4.32. The van der Waals surface area contributed by atoms with E-state index in [9.17, 15) is 19.5 Å². The number of hydrogen-bond acceptors (Lipinski definition) is 7. The van der Waals surface area contributed by atoms with Gasteiger partial charge in [-0.2, -0.15) is 0 Å². The molecule has 10 nitrogen and oxygen atoms in total. The summed E-state index contributed by atoms with van der Waals surface area (Å²) in [6, 6.07) is 16.1. The van der Waals surface area contributed by atoms with Crippen LogP contribution in [0.2, 0.25) is 0 Å². The lowest BCUT2D eigenvalue weighted by Crippen LogP contribution is -2.51. The lowest BCUT2D eigenvalue weighted by atomic mass is 10.0. The van der Waals surface area contributed by atoms with Crippen LogP contribution in [0.5, 0.6) is 5.75 Å². The highest BCUT2D eigenvalue weighted by Gasteiger charge is 2.41. The lowest BCUT2D eigenvalue weighted by Gasteiger charge is -2.31. The van der Waals surface area contributed by atoms with Crippen molar-refractivity contribution in [2.75, 3.05) is 5.32 Å². The minimum atomic E-state index is -1.17. The highest BCUT2D eigenvalue weighted by molar-refractivity contribution is 6.00. The Morgan fingerprint density at radius 2 is 1.77 bits per heavy atom. The zero-order chi connectivity index (χ0) is 28.2. The van der Waals surface area contributed by atoms with Crippen molar-refractivity contribution >= 4 is 23.5 Å². The van der Waals surface area contributed by atoms with Gasteiger partial charge >= 0.3 is 6.03 Å². The van der Waals surface area contributed by atoms with Gasteiger partial charge in [-0.1, -0.05) is 36.4 Å². The van der Waals surface area contributed by atoms with E-state index in [0.29, 0.717) is 23.6 Å². The molecule has 4 amide bonds. The number of aliphatic hydroxyl groups is 2. The molecular weight excluding hydrogens is 519 g/mol. The minimum Gasteiger partial charge on any atom is -0.489 e. The maximum Gasteiger partial charge on any atom is 0.319 e. The summed E-state index contributed by atoms with van der Waals surface area (Å²) in [4.78, 5) is 37.6. The molecule has 0 radical (unpaired) electrons. The van der Waals surface area contributed by atoms with E-state index in [1.54, 1.807) is 30.3 Å². The summed E-state index contributed by atoms with van der Waals surface area (Å²) < 4.78 is 21.1. The number of urea groups is 1. The first-order valence-electron chi connectivity index (χ1n) is 12.9. The molecule has 5 rings (SSSR count). The summed E-state index contributed by atoms with van der Waals surface area (Å²) in [5, 5.41) is 27.4. The summed E-state index contributed by atoms with van der Waals surface area (Å²) >= 11 is 0. The Labute approximate surface area is 229 Å². The molecule has 0 spiro atoms. The Balaban J connectivity index is 1.13. The van der Waals surface area contributed by atoms with Gasteiger partial charge in [0.05, 0.1) is 12.6 Å². The number of amides is 4. The fourth-order valence-electron chi connectivity index (χ4n) is 4.84. The number of ether oxygens (including phenoxy) is 1. The van der Waals surface area contributed by atoms with E-state index in [1.807, 2.05) is 24.3 Å². The smallest absolute Gasteiger partial charge is 0.319 e. The predicted molar refractivity (Wildman–Crippen MR) is 142 cm³/mol. The number of rotatable bonds is 8. The average molecular weight is 549 g/mol. The monoisotopic (exact) mass is 548 g/mol. The number of fused-ring (bicyclic) bond motifs is 1. The Morgan fingerprint density at radius 3 is 2.48 bits per heavy atom. The zero-order valence-electron chi connectivity index (χ0n) is 21.5. The van der Waals surface area contributed by atoms with Gasteiger partial charge in [0.15, 0.2) is 0 Å². The van der Waals surface area contributed by atoms with E-state index in [4.69, 9.17) is 9.84 Å². The van der Waals surface area contributed by atoms with Gasteiger partial charge < -0.3 is 25.6 Å². The van der Waals surface area contributed by atoms with Gasteiger partial charge in [0.1, 0.15) is 24.4 Å². The summed E-state index contributed by atoms with van der Waals surface area (Å²) in [5.74, 6) is -0.809. The summed E-state index contributed by atoms with van der Waals surface area (Å²) in [6.45, 7) is 0.265. The van der Waals surface area contributed by atoms with Crippen LogP contribution in [-0.2, 0) is 35.9 Å². The van der Waals surface area contributed by atoms with Crippen LogP contribution >= 0.6 is 0 Å². The van der Waals surface area contributed by atoms with Gasteiger partial charge in [-0.15, -0.1) is 0 Å². The fraction of sp³-hybridized carbons (Fsp3) is 0.276. The Kier molecular flexibility index (Phi) is 8.06. The third-order valence-electron chi connectivity index (χ3n) is 7.07. The van der Waals surface area contributed by atoms with Gasteiger partial charge in [-0.25, -0.2) is 9.18 Å². The highest BCUT2D eigenvalue weighted by Crippen LogP contribution is 2.37. The van der Waals surface area contributed by atoms with E-state index in [2.05, 4.69) is 16.0 Å². The van der Waals surface area contributed by atoms with Crippen LogP contribution < -0.4 is 20.7 Å². The number of nitrogens with one attached hydrogen (secondary N) is 3. The molecule has 40 heavy (non-hydrogen) atoms. The summed E-state index contributed by atoms with van der Waals surface area (Å²) in [6.07, 6.45) is -0.769. The first-order chi connectivity index (χ1) is 19.3. The number of carbonyl (C=O) groups excluding carboxylic acids is 3. The first-order valence-corrected chi connectivity index (χ1v) is 12.9. The van der Waals surface area contributed by atoms with Crippen LogP contribution in [0, 0.1) is 5.82 Å². The molecule has 208 valence electrons. The Bertz CT molecular complexity index is 1410. The van der Waals surface area contributed by atoms with Gasteiger partial charge in [-0.3, -0.25) is 19.8 Å². The minimum absolute atomic E-state index is 0.0109. The predicted octanol–water partition coefficient (Wildman–Crippen LogP) is 2.83. The largest absolute Gasteiger partial charge is 0.489 e. The van der Waals surface area contributed by atoms with Crippen LogP contribution in [0.25, 0.3) is 0 Å². The maximum absolute atomic E-state index is 15.3. The van der Waals surface area contributed by atoms with Gasteiger partial charge in [0.2, 0.25) is 11.8 Å². The molecule has 2 heterocycles. The topological polar surface area (TPSA) is 140 Å². The number of benzene rings is 3. The molecule has 2 atom stereocenters. The quantitative estimate of drug-likeness (QED) is 0.273. The van der Waals surface area contributed by atoms with Gasteiger partial charge in [0.25, 0.3) is 0 Å². The molecule has 0 aliphatic carbocycles. The zero-order valence-corrected chi connectivity index (χ0v) is 21.5. The maximum atomic E-state index is 15.3. The lowest BCUT2D eigenvalue weighted by molar-refractivity contribution is -0.141. The van der Waals surface area contributed by atoms with Crippen molar-refractivity contribution in [3.63, 3.8) is 0 Å². The molecule has 0 aromatic heterocycles. The van der Waals surface area contributed by atoms with E-state index in [1.165, 1.54) is 11.0 Å².